The molecule has 0 saturated carbocycles. The van der Waals surface area contributed by atoms with E-state index >= 15 is 0 Å². The van der Waals surface area contributed by atoms with Crippen molar-refractivity contribution < 1.29 is 23.5 Å². The van der Waals surface area contributed by atoms with Crippen molar-refractivity contribution in [1.29, 1.82) is 0 Å². The standard InChI is InChI=1S/C26H27N5O5/c1-17-11-12-23(36-17)25(26(34)27-13-14-35-3)31(20-8-6-7-19(15-20)18(2)32)24(33)16-30-22-10-5-4-9-21(22)28-29-30/h4-12,15,25H,13-14,16H2,1-3H3,(H,27,34)/t25-/m1/s1. The summed E-state index contributed by atoms with van der Waals surface area (Å²) in [6.07, 6.45) is 0. The number of nitrogens with one attached hydrogen (secondary N) is 1. The molecule has 10 heteroatoms. The van der Waals surface area contributed by atoms with Crippen molar-refractivity contribution in [1.82, 2.24) is 20.3 Å². The Kier molecular flexibility index (Phi) is 7.55. The van der Waals surface area contributed by atoms with Crippen LogP contribution in [0.5, 0.6) is 0 Å². The van der Waals surface area contributed by atoms with E-state index in [-0.39, 0.29) is 24.6 Å². The number of furan rings is 1. The Hall–Kier alpha value is -4.31. The van der Waals surface area contributed by atoms with E-state index in [1.807, 2.05) is 18.2 Å². The molecule has 2 aromatic heterocycles. The molecule has 0 aliphatic heterocycles. The lowest BCUT2D eigenvalue weighted by atomic mass is 10.1. The summed E-state index contributed by atoms with van der Waals surface area (Å²) < 4.78 is 12.4. The van der Waals surface area contributed by atoms with Crippen LogP contribution in [0.2, 0.25) is 0 Å². The molecule has 0 bridgehead atoms. The largest absolute Gasteiger partial charge is 0.464 e. The molecule has 0 aliphatic rings. The average molecular weight is 490 g/mol. The molecule has 0 spiro atoms. The zero-order valence-corrected chi connectivity index (χ0v) is 20.3. The third-order valence-electron chi connectivity index (χ3n) is 5.65. The predicted octanol–water partition coefficient (Wildman–Crippen LogP) is 3.07. The first-order valence-corrected chi connectivity index (χ1v) is 11.4. The fourth-order valence-corrected chi connectivity index (χ4v) is 3.90. The minimum absolute atomic E-state index is 0.165. The molecule has 2 heterocycles. The summed E-state index contributed by atoms with van der Waals surface area (Å²) in [6, 6.07) is 16.1. The fraction of sp³-hybridized carbons (Fsp3) is 0.269. The van der Waals surface area contributed by atoms with E-state index < -0.39 is 17.9 Å². The van der Waals surface area contributed by atoms with E-state index in [1.54, 1.807) is 49.4 Å². The zero-order valence-electron chi connectivity index (χ0n) is 20.3. The number of fused-ring (bicyclic) bond motifs is 1. The highest BCUT2D eigenvalue weighted by molar-refractivity contribution is 6.02. The number of carbonyl (C=O) groups is 3. The number of aryl methyl sites for hydroxylation is 1. The quantitative estimate of drug-likeness (QED) is 0.269. The summed E-state index contributed by atoms with van der Waals surface area (Å²) in [5.41, 5.74) is 2.10. The maximum atomic E-state index is 13.9. The molecule has 0 unspecified atom stereocenters. The number of anilines is 1. The second-order valence-corrected chi connectivity index (χ2v) is 8.24. The first-order chi connectivity index (χ1) is 17.4. The number of aromatic nitrogens is 3. The lowest BCUT2D eigenvalue weighted by Crippen LogP contribution is -2.45. The molecule has 0 radical (unpaired) electrons. The fourth-order valence-electron chi connectivity index (χ4n) is 3.90. The van der Waals surface area contributed by atoms with Gasteiger partial charge in [-0.25, -0.2) is 4.68 Å². The highest BCUT2D eigenvalue weighted by atomic mass is 16.5. The Morgan fingerprint density at radius 3 is 2.64 bits per heavy atom. The van der Waals surface area contributed by atoms with E-state index in [1.165, 1.54) is 23.6 Å². The van der Waals surface area contributed by atoms with Crippen LogP contribution in [-0.4, -0.2) is 52.9 Å². The van der Waals surface area contributed by atoms with Crippen LogP contribution in [0.4, 0.5) is 5.69 Å². The first-order valence-electron chi connectivity index (χ1n) is 11.4. The number of benzene rings is 2. The summed E-state index contributed by atoms with van der Waals surface area (Å²) in [7, 11) is 1.53. The Morgan fingerprint density at radius 2 is 1.92 bits per heavy atom. The number of methoxy groups -OCH3 is 1. The third-order valence-corrected chi connectivity index (χ3v) is 5.65. The molecule has 0 saturated heterocycles. The molecule has 2 amide bonds. The summed E-state index contributed by atoms with van der Waals surface area (Å²) in [5.74, 6) is -0.181. The molecule has 1 atom stereocenters. The van der Waals surface area contributed by atoms with Crippen molar-refractivity contribution in [3.63, 3.8) is 0 Å². The van der Waals surface area contributed by atoms with Gasteiger partial charge in [-0.05, 0) is 50.2 Å². The summed E-state index contributed by atoms with van der Waals surface area (Å²) in [6.45, 7) is 3.56. The number of ketones is 1. The predicted molar refractivity (Wildman–Crippen MR) is 133 cm³/mol. The van der Waals surface area contributed by atoms with Crippen LogP contribution < -0.4 is 10.2 Å². The molecule has 2 aromatic carbocycles. The van der Waals surface area contributed by atoms with Crippen molar-refractivity contribution >= 4 is 34.3 Å². The van der Waals surface area contributed by atoms with Crippen LogP contribution in [0.15, 0.2) is 65.1 Å². The van der Waals surface area contributed by atoms with Gasteiger partial charge in [0.1, 0.15) is 23.6 Å². The van der Waals surface area contributed by atoms with E-state index in [0.29, 0.717) is 34.7 Å². The third kappa shape index (κ3) is 5.33. The summed E-state index contributed by atoms with van der Waals surface area (Å²) in [4.78, 5) is 40.8. The van der Waals surface area contributed by atoms with Gasteiger partial charge in [0, 0.05) is 24.9 Å². The number of hydrogen-bond acceptors (Lipinski definition) is 7. The summed E-state index contributed by atoms with van der Waals surface area (Å²) in [5, 5.41) is 11.0. The molecular formula is C26H27N5O5. The lowest BCUT2D eigenvalue weighted by molar-refractivity contribution is -0.127. The second-order valence-electron chi connectivity index (χ2n) is 8.24. The van der Waals surface area contributed by atoms with Gasteiger partial charge in [-0.15, -0.1) is 5.10 Å². The van der Waals surface area contributed by atoms with Gasteiger partial charge >= 0.3 is 0 Å². The monoisotopic (exact) mass is 489 g/mol. The Morgan fingerprint density at radius 1 is 1.11 bits per heavy atom. The van der Waals surface area contributed by atoms with Crippen LogP contribution in [-0.2, 0) is 20.9 Å². The SMILES string of the molecule is COCCNC(=O)[C@@H](c1ccc(C)o1)N(C(=O)Cn1nnc2ccccc21)c1cccc(C(C)=O)c1. The van der Waals surface area contributed by atoms with Crippen LogP contribution in [0, 0.1) is 6.92 Å². The van der Waals surface area contributed by atoms with Crippen molar-refractivity contribution in [2.75, 3.05) is 25.2 Å². The number of nitrogens with zero attached hydrogens (tertiary/aromatic N) is 4. The molecule has 186 valence electrons. The van der Waals surface area contributed by atoms with Gasteiger partial charge in [0.05, 0.1) is 12.1 Å². The van der Waals surface area contributed by atoms with Gasteiger partial charge in [-0.2, -0.15) is 0 Å². The highest BCUT2D eigenvalue weighted by Crippen LogP contribution is 2.30. The number of Topliss-reactive ketones (excluding diaryl/α,β-unsaturated/α-hetero) is 1. The first kappa shape index (κ1) is 24.8. The van der Waals surface area contributed by atoms with Crippen LogP contribution in [0.1, 0.15) is 34.8 Å². The average Bonchev–Trinajstić information content (AvgIpc) is 3.48. The van der Waals surface area contributed by atoms with Crippen molar-refractivity contribution in [3.05, 3.63) is 77.7 Å². The molecule has 0 fully saturated rings. The van der Waals surface area contributed by atoms with E-state index in [2.05, 4.69) is 15.6 Å². The van der Waals surface area contributed by atoms with E-state index in [0.717, 1.165) is 0 Å². The normalized spacial score (nSPS) is 11.9. The van der Waals surface area contributed by atoms with Gasteiger partial charge < -0.3 is 14.5 Å². The van der Waals surface area contributed by atoms with Crippen LogP contribution >= 0.6 is 0 Å². The number of hydrogen-bond donors (Lipinski definition) is 1. The van der Waals surface area contributed by atoms with Crippen molar-refractivity contribution in [3.8, 4) is 0 Å². The molecule has 36 heavy (non-hydrogen) atoms. The minimum atomic E-state index is -1.14. The maximum Gasteiger partial charge on any atom is 0.251 e. The topological polar surface area (TPSA) is 120 Å². The molecule has 10 nitrogen and oxygen atoms in total. The van der Waals surface area contributed by atoms with Gasteiger partial charge in [0.15, 0.2) is 11.8 Å². The van der Waals surface area contributed by atoms with Gasteiger partial charge in [-0.1, -0.05) is 29.5 Å². The molecule has 0 aliphatic carbocycles. The van der Waals surface area contributed by atoms with E-state index in [4.69, 9.17) is 9.15 Å². The number of para-hydroxylation sites is 1. The maximum absolute atomic E-state index is 13.9. The Labute approximate surface area is 207 Å². The highest BCUT2D eigenvalue weighted by Gasteiger charge is 2.35. The zero-order chi connectivity index (χ0) is 25.7. The van der Waals surface area contributed by atoms with Crippen LogP contribution in [0.25, 0.3) is 11.0 Å². The number of rotatable bonds is 10. The number of ether oxygens (including phenoxy) is 1. The molecule has 4 rings (SSSR count). The number of amides is 2. The minimum Gasteiger partial charge on any atom is -0.464 e. The van der Waals surface area contributed by atoms with Gasteiger partial charge in [0.2, 0.25) is 5.91 Å². The van der Waals surface area contributed by atoms with E-state index in [9.17, 15) is 14.4 Å². The second kappa shape index (κ2) is 11.0. The lowest BCUT2D eigenvalue weighted by Gasteiger charge is -2.30. The Bertz CT molecular complexity index is 1390. The van der Waals surface area contributed by atoms with Crippen LogP contribution in [0.3, 0.4) is 0 Å². The van der Waals surface area contributed by atoms with Gasteiger partial charge in [0.25, 0.3) is 5.91 Å². The smallest absolute Gasteiger partial charge is 0.251 e. The Balaban J connectivity index is 1.79. The summed E-state index contributed by atoms with van der Waals surface area (Å²) >= 11 is 0. The van der Waals surface area contributed by atoms with Crippen molar-refractivity contribution in [2.24, 2.45) is 0 Å². The molecule has 4 aromatic rings. The van der Waals surface area contributed by atoms with Crippen molar-refractivity contribution in [2.45, 2.75) is 26.4 Å². The molecule has 1 N–H and O–H groups in total. The molecular weight excluding hydrogens is 462 g/mol. The number of carbonyl (C=O) groups excluding carboxylic acids is 3. The van der Waals surface area contributed by atoms with Gasteiger partial charge in [-0.3, -0.25) is 19.3 Å².